The highest BCUT2D eigenvalue weighted by Crippen LogP contribution is 2.24. The summed E-state index contributed by atoms with van der Waals surface area (Å²) in [5.41, 5.74) is 0.862. The molecule has 7 nitrogen and oxygen atoms in total. The number of nitrogens with zero attached hydrogens (tertiary/aromatic N) is 4. The van der Waals surface area contributed by atoms with E-state index in [-0.39, 0.29) is 0 Å². The van der Waals surface area contributed by atoms with Crippen LogP contribution in [0, 0.1) is 22.0 Å². The van der Waals surface area contributed by atoms with Gasteiger partial charge in [-0.1, -0.05) is 36.7 Å². The number of rotatable bonds is 5. The molecule has 0 saturated carbocycles. The molecule has 1 aromatic rings. The fourth-order valence-electron chi connectivity index (χ4n) is 3.12. The Balaban J connectivity index is 1.75. The van der Waals surface area contributed by atoms with Crippen LogP contribution in [0.5, 0.6) is 0 Å². The van der Waals surface area contributed by atoms with Crippen LogP contribution >= 0.6 is 11.6 Å². The first kappa shape index (κ1) is 17.7. The molecule has 2 aliphatic rings. The van der Waals surface area contributed by atoms with Crippen LogP contribution in [-0.4, -0.2) is 53.6 Å². The van der Waals surface area contributed by atoms with Crippen LogP contribution in [0.4, 0.5) is 0 Å². The van der Waals surface area contributed by atoms with Gasteiger partial charge in [0.1, 0.15) is 5.10 Å². The molecule has 8 heteroatoms. The molecule has 1 aromatic carbocycles. The molecule has 0 radical (unpaired) electrons. The van der Waals surface area contributed by atoms with Gasteiger partial charge in [0.15, 0.2) is 5.03 Å². The van der Waals surface area contributed by atoms with Gasteiger partial charge in [-0.15, -0.1) is 0 Å². The van der Waals surface area contributed by atoms with E-state index in [2.05, 4.69) is 12.0 Å². The molecule has 25 heavy (non-hydrogen) atoms. The first-order valence-electron chi connectivity index (χ1n) is 8.29. The van der Waals surface area contributed by atoms with Gasteiger partial charge in [-0.2, -0.15) is 0 Å². The number of hydrogen-bond donors (Lipinski definition) is 0. The summed E-state index contributed by atoms with van der Waals surface area (Å²) in [6.07, 6.45) is 3.65. The highest BCUT2D eigenvalue weighted by Gasteiger charge is 2.33. The van der Waals surface area contributed by atoms with Gasteiger partial charge in [0.2, 0.25) is 0 Å². The zero-order chi connectivity index (χ0) is 17.8. The lowest BCUT2D eigenvalue weighted by atomic mass is 9.98. The molecule has 2 aliphatic heterocycles. The predicted molar refractivity (Wildman–Crippen MR) is 96.7 cm³/mol. The van der Waals surface area contributed by atoms with Crippen LogP contribution < -0.4 is 0 Å². The summed E-state index contributed by atoms with van der Waals surface area (Å²) in [5.74, 6) is 1.18. The molecule has 0 amide bonds. The third-order valence-electron chi connectivity index (χ3n) is 4.63. The largest absolute Gasteiger partial charge is 0.381 e. The molecule has 134 valence electrons. The maximum atomic E-state index is 11.0. The molecule has 2 unspecified atom stereocenters. The maximum Gasteiger partial charge on any atom is 0.278 e. The number of nitro groups is 1. The second-order valence-corrected chi connectivity index (χ2v) is 6.80. The minimum Gasteiger partial charge on any atom is -0.381 e. The van der Waals surface area contributed by atoms with Gasteiger partial charge in [0.25, 0.3) is 5.96 Å². The number of benzene rings is 1. The number of guanidine groups is 1. The smallest absolute Gasteiger partial charge is 0.278 e. The third-order valence-corrected chi connectivity index (χ3v) is 4.98. The Hall–Kier alpha value is -2.12. The molecule has 0 bridgehead atoms. The van der Waals surface area contributed by atoms with Crippen molar-refractivity contribution in [1.29, 1.82) is 0 Å². The van der Waals surface area contributed by atoms with E-state index in [1.165, 1.54) is 0 Å². The van der Waals surface area contributed by atoms with Crippen molar-refractivity contribution in [2.24, 2.45) is 16.9 Å². The second kappa shape index (κ2) is 7.84. The van der Waals surface area contributed by atoms with E-state index in [9.17, 15) is 10.1 Å². The lowest BCUT2D eigenvalue weighted by Gasteiger charge is -2.23. The van der Waals surface area contributed by atoms with Crippen molar-refractivity contribution in [1.82, 2.24) is 9.80 Å². The quantitative estimate of drug-likeness (QED) is 0.593. The van der Waals surface area contributed by atoms with E-state index in [1.807, 2.05) is 35.2 Å². The van der Waals surface area contributed by atoms with Gasteiger partial charge in [-0.3, -0.25) is 0 Å². The van der Waals surface area contributed by atoms with E-state index in [0.717, 1.165) is 12.2 Å². The van der Waals surface area contributed by atoms with E-state index in [0.29, 0.717) is 49.1 Å². The molecule has 0 N–H and O–H groups in total. The highest BCUT2D eigenvalue weighted by molar-refractivity contribution is 6.32. The van der Waals surface area contributed by atoms with Crippen molar-refractivity contribution < 1.29 is 9.77 Å². The number of hydrazone groups is 1. The number of halogens is 1. The molecular formula is C17H21ClN4O3. The summed E-state index contributed by atoms with van der Waals surface area (Å²) in [6.45, 7) is 5.64. The monoisotopic (exact) mass is 364 g/mol. The first-order chi connectivity index (χ1) is 12.0. The minimum atomic E-state index is -0.640. The number of ether oxygens (including phenoxy) is 1. The van der Waals surface area contributed by atoms with Crippen LogP contribution in [0.1, 0.15) is 12.5 Å². The molecule has 2 fully saturated rings. The Morgan fingerprint density at radius 2 is 2.20 bits per heavy atom. The molecule has 2 heterocycles. The SMILES string of the molecule is CC1COCC1CN1CCN(C=Cc2ccccc2Cl)C1=N[N+](=O)[O-]. The van der Waals surface area contributed by atoms with Crippen molar-refractivity contribution in [2.75, 3.05) is 32.8 Å². The zero-order valence-electron chi connectivity index (χ0n) is 14.0. The summed E-state index contributed by atoms with van der Waals surface area (Å²) in [6, 6.07) is 7.47. The van der Waals surface area contributed by atoms with Gasteiger partial charge in [-0.05, 0) is 23.6 Å². The topological polar surface area (TPSA) is 71.2 Å². The van der Waals surface area contributed by atoms with Gasteiger partial charge in [0.05, 0.1) is 6.61 Å². The molecule has 3 rings (SSSR count). The fraction of sp³-hybridized carbons (Fsp3) is 0.471. The van der Waals surface area contributed by atoms with Gasteiger partial charge in [-0.25, -0.2) is 10.1 Å². The second-order valence-electron chi connectivity index (χ2n) is 6.39. The average Bonchev–Trinajstić information content (AvgIpc) is 3.14. The van der Waals surface area contributed by atoms with Gasteiger partial charge in [0, 0.05) is 43.4 Å². The third kappa shape index (κ3) is 4.29. The van der Waals surface area contributed by atoms with Crippen LogP contribution in [0.2, 0.25) is 5.02 Å². The van der Waals surface area contributed by atoms with Crippen molar-refractivity contribution in [3.8, 4) is 0 Å². The molecule has 0 aromatic heterocycles. The van der Waals surface area contributed by atoms with Crippen molar-refractivity contribution in [2.45, 2.75) is 6.92 Å². The minimum absolute atomic E-state index is 0.365. The van der Waals surface area contributed by atoms with Crippen molar-refractivity contribution >= 4 is 23.6 Å². The maximum absolute atomic E-state index is 11.0. The Morgan fingerprint density at radius 1 is 1.40 bits per heavy atom. The number of hydrogen-bond acceptors (Lipinski definition) is 3. The zero-order valence-corrected chi connectivity index (χ0v) is 14.8. The Morgan fingerprint density at radius 3 is 2.88 bits per heavy atom. The molecular weight excluding hydrogens is 344 g/mol. The van der Waals surface area contributed by atoms with Crippen LogP contribution in [0.25, 0.3) is 6.08 Å². The van der Waals surface area contributed by atoms with E-state index in [4.69, 9.17) is 16.3 Å². The summed E-state index contributed by atoms with van der Waals surface area (Å²) in [4.78, 5) is 14.7. The summed E-state index contributed by atoms with van der Waals surface area (Å²) in [7, 11) is 0. The van der Waals surface area contributed by atoms with Crippen molar-refractivity contribution in [3.05, 3.63) is 51.2 Å². The normalized spacial score (nSPS) is 25.4. The standard InChI is InChI=1S/C17H21ClN4O3/c1-13-11-25-12-15(13)10-21-9-8-20(17(21)19-22(23)24)7-6-14-4-2-3-5-16(14)18/h2-7,13,15H,8-12H2,1H3. The molecule has 0 spiro atoms. The summed E-state index contributed by atoms with van der Waals surface area (Å²) < 4.78 is 5.50. The first-order valence-corrected chi connectivity index (χ1v) is 8.67. The van der Waals surface area contributed by atoms with E-state index < -0.39 is 5.03 Å². The lowest BCUT2D eigenvalue weighted by Crippen LogP contribution is -2.37. The Labute approximate surface area is 151 Å². The van der Waals surface area contributed by atoms with Crippen LogP contribution in [0.3, 0.4) is 0 Å². The summed E-state index contributed by atoms with van der Waals surface area (Å²) in [5, 5.41) is 14.6. The summed E-state index contributed by atoms with van der Waals surface area (Å²) >= 11 is 6.16. The predicted octanol–water partition coefficient (Wildman–Crippen LogP) is 2.76. The van der Waals surface area contributed by atoms with Gasteiger partial charge >= 0.3 is 0 Å². The van der Waals surface area contributed by atoms with Gasteiger partial charge < -0.3 is 14.5 Å². The van der Waals surface area contributed by atoms with Crippen molar-refractivity contribution in [3.63, 3.8) is 0 Å². The van der Waals surface area contributed by atoms with E-state index >= 15 is 0 Å². The van der Waals surface area contributed by atoms with Crippen LogP contribution in [-0.2, 0) is 4.74 Å². The van der Waals surface area contributed by atoms with E-state index in [1.54, 1.807) is 11.1 Å². The Bertz CT molecular complexity index is 694. The molecule has 0 aliphatic carbocycles. The van der Waals surface area contributed by atoms with Crippen LogP contribution in [0.15, 0.2) is 35.6 Å². The fourth-order valence-corrected chi connectivity index (χ4v) is 3.32. The molecule has 2 saturated heterocycles. The average molecular weight is 365 g/mol. The molecule has 2 atom stereocenters. The highest BCUT2D eigenvalue weighted by atomic mass is 35.5. The Kier molecular flexibility index (Phi) is 5.55. The lowest BCUT2D eigenvalue weighted by molar-refractivity contribution is -0.486.